The first kappa shape index (κ1) is 27.9. The second-order valence-electron chi connectivity index (χ2n) is 10.4. The van der Waals surface area contributed by atoms with Crippen molar-refractivity contribution in [3.8, 4) is 28.2 Å². The predicted molar refractivity (Wildman–Crippen MR) is 167 cm³/mol. The number of ether oxygens (including phenoxy) is 1. The minimum absolute atomic E-state index is 0.0877. The molecule has 1 aliphatic rings. The molecule has 1 aliphatic heterocycles. The Labute approximate surface area is 248 Å². The fourth-order valence-corrected chi connectivity index (χ4v) is 5.31. The van der Waals surface area contributed by atoms with Crippen LogP contribution in [-0.2, 0) is 11.8 Å². The number of carbonyl (C=O) groups is 1. The largest absolute Gasteiger partial charge is 0.382 e. The van der Waals surface area contributed by atoms with Crippen molar-refractivity contribution >= 4 is 23.2 Å². The Kier molecular flexibility index (Phi) is 7.47. The van der Waals surface area contributed by atoms with Gasteiger partial charge in [0.2, 0.25) is 0 Å². The lowest BCUT2D eigenvalue weighted by Gasteiger charge is -2.28. The van der Waals surface area contributed by atoms with E-state index < -0.39 is 5.91 Å². The molecule has 43 heavy (non-hydrogen) atoms. The van der Waals surface area contributed by atoms with Crippen molar-refractivity contribution in [3.63, 3.8) is 0 Å². The van der Waals surface area contributed by atoms with E-state index >= 15 is 0 Å². The fourth-order valence-electron chi connectivity index (χ4n) is 5.31. The summed E-state index contributed by atoms with van der Waals surface area (Å²) in [6, 6.07) is 18.6. The molecule has 1 saturated heterocycles. The molecular formula is C32H32N8O3. The van der Waals surface area contributed by atoms with Gasteiger partial charge in [-0.2, -0.15) is 0 Å². The number of nitrogens with zero attached hydrogens (tertiary/aromatic N) is 6. The molecular weight excluding hydrogens is 544 g/mol. The maximum atomic E-state index is 13.3. The summed E-state index contributed by atoms with van der Waals surface area (Å²) in [5, 5.41) is 2.89. The number of hydrogen-bond acceptors (Lipinski definition) is 8. The number of amides is 1. The summed E-state index contributed by atoms with van der Waals surface area (Å²) in [5.74, 6) is 0.684. The van der Waals surface area contributed by atoms with Crippen LogP contribution in [0.4, 0.5) is 17.3 Å². The number of nitrogen functional groups attached to an aromatic ring is 1. The van der Waals surface area contributed by atoms with Crippen molar-refractivity contribution in [2.75, 3.05) is 42.3 Å². The molecule has 4 heterocycles. The lowest BCUT2D eigenvalue weighted by atomic mass is 10.0. The molecule has 5 aromatic rings. The van der Waals surface area contributed by atoms with Gasteiger partial charge < -0.3 is 20.7 Å². The number of benzene rings is 2. The Balaban J connectivity index is 1.27. The van der Waals surface area contributed by atoms with Crippen LogP contribution in [0.25, 0.3) is 28.2 Å². The number of pyridine rings is 1. The average molecular weight is 577 g/mol. The highest BCUT2D eigenvalue weighted by atomic mass is 16.5. The zero-order valence-electron chi connectivity index (χ0n) is 24.2. The lowest BCUT2D eigenvalue weighted by molar-refractivity contribution is 0.102. The summed E-state index contributed by atoms with van der Waals surface area (Å²) in [7, 11) is 1.76. The van der Waals surface area contributed by atoms with Crippen LogP contribution in [0.3, 0.4) is 0 Å². The fraction of sp³-hybridized carbons (Fsp3) is 0.219. The summed E-state index contributed by atoms with van der Waals surface area (Å²) in [6.07, 6.45) is 3.43. The number of morpholine rings is 1. The van der Waals surface area contributed by atoms with Crippen molar-refractivity contribution in [2.45, 2.75) is 13.8 Å². The highest BCUT2D eigenvalue weighted by molar-refractivity contribution is 6.05. The van der Waals surface area contributed by atoms with Crippen molar-refractivity contribution in [2.24, 2.45) is 7.05 Å². The Morgan fingerprint density at radius 1 is 1.00 bits per heavy atom. The van der Waals surface area contributed by atoms with Gasteiger partial charge in [0.05, 0.1) is 36.5 Å². The summed E-state index contributed by atoms with van der Waals surface area (Å²) in [6.45, 7) is 6.58. The highest BCUT2D eigenvalue weighted by Crippen LogP contribution is 2.31. The van der Waals surface area contributed by atoms with Gasteiger partial charge in [-0.05, 0) is 55.8 Å². The zero-order valence-corrected chi connectivity index (χ0v) is 24.2. The third-order valence-corrected chi connectivity index (χ3v) is 7.70. The first-order valence-corrected chi connectivity index (χ1v) is 14.0. The molecule has 11 nitrogen and oxygen atoms in total. The number of anilines is 3. The number of aryl methyl sites for hydroxylation is 1. The van der Waals surface area contributed by atoms with E-state index in [9.17, 15) is 9.59 Å². The Hall–Kier alpha value is -5.29. The van der Waals surface area contributed by atoms with E-state index in [1.807, 2.05) is 61.5 Å². The van der Waals surface area contributed by atoms with Crippen LogP contribution < -0.4 is 21.5 Å². The second kappa shape index (κ2) is 11.5. The summed E-state index contributed by atoms with van der Waals surface area (Å²) >= 11 is 0. The van der Waals surface area contributed by atoms with Crippen LogP contribution in [0.1, 0.15) is 21.6 Å². The normalized spacial score (nSPS) is 13.2. The second-order valence-corrected chi connectivity index (χ2v) is 10.4. The van der Waals surface area contributed by atoms with Gasteiger partial charge in [0.1, 0.15) is 22.9 Å². The average Bonchev–Trinajstić information content (AvgIpc) is 3.25. The molecule has 0 unspecified atom stereocenters. The molecule has 0 bridgehead atoms. The van der Waals surface area contributed by atoms with Crippen molar-refractivity contribution < 1.29 is 9.53 Å². The van der Waals surface area contributed by atoms with Crippen LogP contribution in [-0.4, -0.2) is 56.5 Å². The Bertz CT molecular complexity index is 1870. The monoisotopic (exact) mass is 576 g/mol. The van der Waals surface area contributed by atoms with E-state index in [1.165, 1.54) is 4.68 Å². The molecule has 11 heteroatoms. The first-order chi connectivity index (χ1) is 20.8. The number of aromatic nitrogens is 5. The molecule has 3 N–H and O–H groups in total. The van der Waals surface area contributed by atoms with Crippen molar-refractivity contribution in [1.29, 1.82) is 0 Å². The van der Waals surface area contributed by atoms with Crippen LogP contribution >= 0.6 is 0 Å². The van der Waals surface area contributed by atoms with Crippen molar-refractivity contribution in [1.82, 2.24) is 24.3 Å². The van der Waals surface area contributed by atoms with Gasteiger partial charge in [-0.15, -0.1) is 0 Å². The standard InChI is InChI=1S/C32H32N8O3/c1-20-17-23(36-31(41)28-21(2)38(3)40(32(28)42)24-7-5-4-6-8-24)9-10-25(20)29-30(33)35-19-26(37-29)22-11-12-34-27(18-22)39-13-15-43-16-14-39/h4-12,17-19H,13-16H2,1-3H3,(H2,33,35)(H,36,41). The number of carbonyl (C=O) groups excluding carboxylic acids is 1. The third-order valence-electron chi connectivity index (χ3n) is 7.70. The minimum Gasteiger partial charge on any atom is -0.382 e. The molecule has 0 saturated carbocycles. The molecule has 0 spiro atoms. The van der Waals surface area contributed by atoms with Crippen LogP contribution in [0.2, 0.25) is 0 Å². The molecule has 1 amide bonds. The predicted octanol–water partition coefficient (Wildman–Crippen LogP) is 3.98. The number of nitrogens with one attached hydrogen (secondary N) is 1. The molecule has 6 rings (SSSR count). The van der Waals surface area contributed by atoms with E-state index in [4.69, 9.17) is 15.5 Å². The smallest absolute Gasteiger partial charge is 0.284 e. The number of nitrogens with two attached hydrogens (primary N) is 1. The maximum Gasteiger partial charge on any atom is 0.284 e. The SMILES string of the molecule is Cc1cc(NC(=O)c2c(C)n(C)n(-c3ccccc3)c2=O)ccc1-c1nc(-c2ccnc(N3CCOCC3)c2)cnc1N. The van der Waals surface area contributed by atoms with E-state index in [1.54, 1.807) is 37.1 Å². The molecule has 0 atom stereocenters. The van der Waals surface area contributed by atoms with Crippen LogP contribution in [0.5, 0.6) is 0 Å². The maximum absolute atomic E-state index is 13.3. The molecule has 218 valence electrons. The number of hydrogen-bond donors (Lipinski definition) is 2. The van der Waals surface area contributed by atoms with Gasteiger partial charge >= 0.3 is 0 Å². The summed E-state index contributed by atoms with van der Waals surface area (Å²) in [4.78, 5) is 42.6. The van der Waals surface area contributed by atoms with Crippen LogP contribution in [0.15, 0.2) is 77.9 Å². The Morgan fingerprint density at radius 3 is 2.51 bits per heavy atom. The molecule has 0 aliphatic carbocycles. The molecule has 1 fully saturated rings. The third kappa shape index (κ3) is 5.38. The molecule has 3 aromatic heterocycles. The van der Waals surface area contributed by atoms with Gasteiger partial charge in [-0.25, -0.2) is 19.6 Å². The van der Waals surface area contributed by atoms with Gasteiger partial charge in [0.15, 0.2) is 0 Å². The van der Waals surface area contributed by atoms with E-state index in [0.717, 1.165) is 35.6 Å². The lowest BCUT2D eigenvalue weighted by Crippen LogP contribution is -2.36. The number of rotatable bonds is 6. The molecule has 2 aromatic carbocycles. The van der Waals surface area contributed by atoms with Gasteiger partial charge in [0, 0.05) is 43.1 Å². The van der Waals surface area contributed by atoms with E-state index in [0.29, 0.717) is 47.5 Å². The Morgan fingerprint density at radius 2 is 1.77 bits per heavy atom. The first-order valence-electron chi connectivity index (χ1n) is 14.0. The minimum atomic E-state index is -0.477. The number of para-hydroxylation sites is 1. The summed E-state index contributed by atoms with van der Waals surface area (Å²) in [5.41, 5.74) is 11.5. The zero-order chi connectivity index (χ0) is 30.1. The summed E-state index contributed by atoms with van der Waals surface area (Å²) < 4.78 is 8.63. The van der Waals surface area contributed by atoms with Gasteiger partial charge in [0.25, 0.3) is 11.5 Å². The topological polar surface area (TPSA) is 133 Å². The van der Waals surface area contributed by atoms with Crippen molar-refractivity contribution in [3.05, 3.63) is 100 Å². The van der Waals surface area contributed by atoms with Gasteiger partial charge in [-0.3, -0.25) is 14.3 Å². The van der Waals surface area contributed by atoms with Gasteiger partial charge in [-0.1, -0.05) is 24.3 Å². The molecule has 0 radical (unpaired) electrons. The van der Waals surface area contributed by atoms with Crippen LogP contribution in [0, 0.1) is 13.8 Å². The highest BCUT2D eigenvalue weighted by Gasteiger charge is 2.23. The van der Waals surface area contributed by atoms with E-state index in [-0.39, 0.29) is 11.1 Å². The van der Waals surface area contributed by atoms with E-state index in [2.05, 4.69) is 20.2 Å². The quantitative estimate of drug-likeness (QED) is 0.310.